The van der Waals surface area contributed by atoms with E-state index in [1.807, 2.05) is 0 Å². The zero-order valence-electron chi connectivity index (χ0n) is 36.5. The van der Waals surface area contributed by atoms with Crippen molar-refractivity contribution in [2.24, 2.45) is 10.8 Å². The second kappa shape index (κ2) is 40.8. The molecule has 0 aromatic rings. The predicted molar refractivity (Wildman–Crippen MR) is 213 cm³/mol. The van der Waals surface area contributed by atoms with Gasteiger partial charge >= 0.3 is 37.7 Å². The van der Waals surface area contributed by atoms with Crippen LogP contribution in [0.15, 0.2) is 0 Å². The van der Waals surface area contributed by atoms with Crippen LogP contribution in [-0.2, 0) is 9.59 Å². The molecule has 298 valence electrons. The molecule has 52 heavy (non-hydrogen) atoms. The van der Waals surface area contributed by atoms with E-state index in [0.717, 1.165) is 77.0 Å². The number of carboxylic acids is 2. The second-order valence-electron chi connectivity index (χ2n) is 16.4. The van der Waals surface area contributed by atoms with Crippen LogP contribution in [-0.4, -0.2) is 11.9 Å². The third kappa shape index (κ3) is 28.5. The fourth-order valence-corrected chi connectivity index (χ4v) is 8.83. The number of unbranched alkanes of at least 4 members (excludes halogenated alkanes) is 28. The molecule has 0 saturated carbocycles. The molecule has 4 nitrogen and oxygen atoms in total. The molecule has 0 radical (unpaired) electrons. The zero-order chi connectivity index (χ0) is 37.0. The number of hydrogen-bond donors (Lipinski definition) is 0. The second-order valence-corrected chi connectivity index (χ2v) is 16.4. The summed E-state index contributed by atoms with van der Waals surface area (Å²) in [5.41, 5.74) is -1.51. The van der Waals surface area contributed by atoms with E-state index >= 15 is 0 Å². The molecule has 0 N–H and O–H groups in total. The van der Waals surface area contributed by atoms with Crippen LogP contribution < -0.4 is 47.9 Å². The Morgan fingerprint density at radius 3 is 0.808 bits per heavy atom. The number of carboxylic acid groups (broad SMARTS) is 2. The van der Waals surface area contributed by atoms with Crippen LogP contribution >= 0.6 is 0 Å². The molecule has 0 rings (SSSR count). The molecule has 0 fully saturated rings. The Morgan fingerprint density at radius 2 is 0.577 bits per heavy atom. The van der Waals surface area contributed by atoms with Gasteiger partial charge < -0.3 is 19.8 Å². The molecule has 0 aromatic carbocycles. The van der Waals surface area contributed by atoms with Gasteiger partial charge in [0.2, 0.25) is 0 Å². The minimum absolute atomic E-state index is 0. The first-order valence-electron chi connectivity index (χ1n) is 22.8. The molecule has 0 bridgehead atoms. The summed E-state index contributed by atoms with van der Waals surface area (Å²) in [5, 5.41) is 25.9. The molecule has 0 aromatic heterocycles. The molecular formula is C46H88Li2O4. The van der Waals surface area contributed by atoms with Crippen molar-refractivity contribution < 1.29 is 57.5 Å². The van der Waals surface area contributed by atoms with E-state index in [-0.39, 0.29) is 44.1 Å². The summed E-state index contributed by atoms with van der Waals surface area (Å²) in [5.74, 6) is -1.92. The van der Waals surface area contributed by atoms with Crippen molar-refractivity contribution in [3.63, 3.8) is 0 Å². The average molecular weight is 719 g/mol. The van der Waals surface area contributed by atoms with Gasteiger partial charge in [-0.05, 0) is 43.9 Å². The molecule has 6 heteroatoms. The Bertz CT molecular complexity index is 719. The summed E-state index contributed by atoms with van der Waals surface area (Å²) >= 11 is 0. The Balaban J connectivity index is -0.0000120. The molecule has 0 saturated heterocycles. The van der Waals surface area contributed by atoms with Gasteiger partial charge in [-0.2, -0.15) is 0 Å². The van der Waals surface area contributed by atoms with Crippen molar-refractivity contribution in [3.8, 4) is 0 Å². The summed E-state index contributed by atoms with van der Waals surface area (Å²) in [6, 6.07) is 0. The maximum Gasteiger partial charge on any atom is 1.00 e. The van der Waals surface area contributed by atoms with Crippen LogP contribution in [0, 0.1) is 10.8 Å². The van der Waals surface area contributed by atoms with Gasteiger partial charge in [0, 0.05) is 17.4 Å². The molecule has 0 aliphatic heterocycles. The Labute approximate surface area is 350 Å². The topological polar surface area (TPSA) is 80.3 Å². The van der Waals surface area contributed by atoms with E-state index < -0.39 is 22.8 Å². The van der Waals surface area contributed by atoms with Crippen molar-refractivity contribution in [3.05, 3.63) is 0 Å². The fraction of sp³-hybridized carbons (Fsp3) is 0.957. The van der Waals surface area contributed by atoms with Gasteiger partial charge in [0.15, 0.2) is 0 Å². The van der Waals surface area contributed by atoms with Gasteiger partial charge in [-0.25, -0.2) is 0 Å². The standard InChI is InChI=1S/C46H90O4.2Li/c1-5-9-13-17-21-25-29-33-38-45(42-37-43(47)48,39-34-30-26-22-18-14-10-6-2)46(44(49)50,40-35-31-27-23-19-15-11-7-3)41-36-32-28-24-20-16-12-8-4;;/h5-42H2,1-4H3,(H,47,48)(H,49,50);;/q;2*+1/p-2. The summed E-state index contributed by atoms with van der Waals surface area (Å²) in [6.45, 7) is 9.01. The summed E-state index contributed by atoms with van der Waals surface area (Å²) in [4.78, 5) is 25.9. The normalized spacial score (nSPS) is 11.7. The maximum atomic E-state index is 13.8. The maximum absolute atomic E-state index is 13.8. The van der Waals surface area contributed by atoms with Gasteiger partial charge in [0.1, 0.15) is 0 Å². The number of carbonyl (C=O) groups is 2. The van der Waals surface area contributed by atoms with Crippen molar-refractivity contribution in [1.29, 1.82) is 0 Å². The summed E-state index contributed by atoms with van der Waals surface area (Å²) in [6.07, 6.45) is 41.5. The first-order valence-corrected chi connectivity index (χ1v) is 22.8. The molecule has 0 aliphatic carbocycles. The summed E-state index contributed by atoms with van der Waals surface area (Å²) < 4.78 is 0. The third-order valence-corrected chi connectivity index (χ3v) is 12.1. The number of rotatable bonds is 41. The van der Waals surface area contributed by atoms with E-state index in [4.69, 9.17) is 0 Å². The third-order valence-electron chi connectivity index (χ3n) is 12.1. The van der Waals surface area contributed by atoms with E-state index in [9.17, 15) is 19.8 Å². The van der Waals surface area contributed by atoms with Gasteiger partial charge in [-0.15, -0.1) is 0 Å². The van der Waals surface area contributed by atoms with Gasteiger partial charge in [0.05, 0.1) is 0 Å². The van der Waals surface area contributed by atoms with Crippen LogP contribution in [0.2, 0.25) is 0 Å². The molecule has 0 aliphatic rings. The van der Waals surface area contributed by atoms with E-state index in [1.165, 1.54) is 141 Å². The van der Waals surface area contributed by atoms with Crippen LogP contribution in [0.25, 0.3) is 0 Å². The molecular weight excluding hydrogens is 630 g/mol. The smallest absolute Gasteiger partial charge is 0.550 e. The van der Waals surface area contributed by atoms with Crippen molar-refractivity contribution in [1.82, 2.24) is 0 Å². The van der Waals surface area contributed by atoms with Gasteiger partial charge in [-0.1, -0.05) is 233 Å². The van der Waals surface area contributed by atoms with Gasteiger partial charge in [-0.3, -0.25) is 0 Å². The number of aliphatic carboxylic acids is 2. The fourth-order valence-electron chi connectivity index (χ4n) is 8.83. The monoisotopic (exact) mass is 719 g/mol. The Morgan fingerprint density at radius 1 is 0.346 bits per heavy atom. The van der Waals surface area contributed by atoms with E-state index in [1.54, 1.807) is 0 Å². The van der Waals surface area contributed by atoms with Crippen LogP contribution in [0.5, 0.6) is 0 Å². The molecule has 0 unspecified atom stereocenters. The molecule has 0 amide bonds. The van der Waals surface area contributed by atoms with Crippen LogP contribution in [0.3, 0.4) is 0 Å². The van der Waals surface area contributed by atoms with Crippen molar-refractivity contribution in [2.75, 3.05) is 0 Å². The Kier molecular flexibility index (Phi) is 44.3. The zero-order valence-corrected chi connectivity index (χ0v) is 36.5. The minimum atomic E-state index is -1.03. The minimum Gasteiger partial charge on any atom is -0.550 e. The largest absolute Gasteiger partial charge is 1.00 e. The first-order chi connectivity index (χ1) is 24.4. The van der Waals surface area contributed by atoms with E-state index in [0.29, 0.717) is 19.3 Å². The number of carbonyl (C=O) groups excluding carboxylic acids is 2. The SMILES string of the molecule is CCCCCCCCCCC(CCCCCCCCCC)(CCC(=O)[O-])C(CCCCCCCCCC)(CCCCCCCCCC)C(=O)[O-].[Li+].[Li+]. The van der Waals surface area contributed by atoms with Crippen molar-refractivity contribution >= 4 is 11.9 Å². The average Bonchev–Trinajstić information content (AvgIpc) is 3.10. The molecule has 0 heterocycles. The quantitative estimate of drug-likeness (QED) is 0.0489. The first kappa shape index (κ1) is 56.5. The Hall–Kier alpha value is 0.135. The van der Waals surface area contributed by atoms with Gasteiger partial charge in [0.25, 0.3) is 0 Å². The number of hydrogen-bond acceptors (Lipinski definition) is 4. The molecule has 0 atom stereocenters. The molecule has 0 spiro atoms. The van der Waals surface area contributed by atoms with Crippen LogP contribution in [0.1, 0.15) is 272 Å². The summed E-state index contributed by atoms with van der Waals surface area (Å²) in [7, 11) is 0. The van der Waals surface area contributed by atoms with Crippen LogP contribution in [0.4, 0.5) is 0 Å². The van der Waals surface area contributed by atoms with Crippen molar-refractivity contribution in [2.45, 2.75) is 272 Å². The van der Waals surface area contributed by atoms with E-state index in [2.05, 4.69) is 27.7 Å². The predicted octanol–water partition coefficient (Wildman–Crippen LogP) is 7.37.